The normalized spacial score (nSPS) is 20.1. The van der Waals surface area contributed by atoms with Gasteiger partial charge in [0, 0.05) is 91.1 Å². The Morgan fingerprint density at radius 1 is 0.573 bits per heavy atom. The standard InChI is InChI=1S/C100H135N11O20/c1-8-9-44-124-48-52-128-55-51-127-47-43-111-93-76-20-12-13-21-80(76)110(64-72-17-10-11-19-75(72)92(93)108-109-111)89(118)35-34-87(116)103-42-46-126-50-54-130-57-56-129-53-49-125-45-36-88(117)107-91(66(2)3)82(113)60-71(18-14-41-104-95(102)122)94(121)105-74-30-23-67(24-31-74)65-131-96(123)106-79(62-90(119)120)81(112)59-68-22-25-69-27-32-83-97(4,77(69)58-68)37-15-39-99(83,6)85(114)63-86(115)100(7)40-16-38-98(5)78-61-73(101)29-26-70(78)28-33-84(98)100/h10-13,17,19-26,29-31,58,61,66,71,79,83-84,91H,8-9,14-16,18,27-28,32-57,59-60,62-65,101H2,1-7H3,(H,103,116)(H,105,121)(H,106,123)(H,107,117)(H,119,120)(H3,102,104,122)/t71-,79+,83-,84-,91+,97-,98-,99+,100+/m1/s1. The number of aromatic nitrogens is 3. The number of carboxylic acid groups (broad SMARTS) is 1. The van der Waals surface area contributed by atoms with Gasteiger partial charge in [-0.1, -0.05) is 152 Å². The van der Waals surface area contributed by atoms with Gasteiger partial charge in [-0.15, -0.1) is 5.10 Å². The van der Waals surface area contributed by atoms with Gasteiger partial charge in [-0.25, -0.2) is 14.3 Å². The Kier molecular flexibility index (Phi) is 37.5. The van der Waals surface area contributed by atoms with E-state index in [-0.39, 0.29) is 176 Å². The second-order valence-electron chi connectivity index (χ2n) is 36.7. The molecular formula is C100H135N11O20. The van der Waals surface area contributed by atoms with Gasteiger partial charge in [-0.2, -0.15) is 0 Å². The van der Waals surface area contributed by atoms with E-state index in [1.54, 1.807) is 43.0 Å². The molecule has 10 N–H and O–H groups in total. The molecule has 1 aromatic heterocycles. The molecule has 4 aliphatic carbocycles. The van der Waals surface area contributed by atoms with E-state index in [1.165, 1.54) is 11.1 Å². The number of ketones is 4. The fourth-order valence-electron chi connectivity index (χ4n) is 20.2. The average Bonchev–Trinajstić information content (AvgIpc) is 1.26. The highest BCUT2D eigenvalue weighted by Gasteiger charge is 2.58. The number of ether oxygens (including phenoxy) is 8. The quantitative estimate of drug-likeness (QED) is 0.00998. The van der Waals surface area contributed by atoms with E-state index >= 15 is 4.79 Å². The van der Waals surface area contributed by atoms with Crippen molar-refractivity contribution in [2.45, 2.75) is 226 Å². The molecule has 2 fully saturated rings. The van der Waals surface area contributed by atoms with Crippen LogP contribution in [0.25, 0.3) is 22.5 Å². The molecule has 0 spiro atoms. The summed E-state index contributed by atoms with van der Waals surface area (Å²) in [6.07, 6.45) is 8.25. The number of urea groups is 1. The Labute approximate surface area is 768 Å². The van der Waals surface area contributed by atoms with Gasteiger partial charge in [0.2, 0.25) is 23.6 Å². The number of nitrogens with one attached hydrogen (secondary N) is 5. The van der Waals surface area contributed by atoms with Crippen LogP contribution in [0.1, 0.15) is 203 Å². The summed E-state index contributed by atoms with van der Waals surface area (Å²) in [6, 6.07) is 30.7. The molecule has 31 nitrogen and oxygen atoms in total. The van der Waals surface area contributed by atoms with Crippen molar-refractivity contribution in [3.63, 3.8) is 0 Å². The number of unbranched alkanes of at least 4 members (excludes halogenated alkanes) is 1. The third kappa shape index (κ3) is 27.1. The van der Waals surface area contributed by atoms with Gasteiger partial charge in [0.25, 0.3) is 0 Å². The number of benzene rings is 5. The first kappa shape index (κ1) is 101. The summed E-state index contributed by atoms with van der Waals surface area (Å²) in [5, 5.41) is 32.6. The highest BCUT2D eigenvalue weighted by molar-refractivity contribution is 6.05. The number of hydrogen-bond donors (Lipinski definition) is 8. The van der Waals surface area contributed by atoms with E-state index in [2.05, 4.69) is 83.6 Å². The third-order valence-corrected chi connectivity index (χ3v) is 27.3. The molecule has 2 heterocycles. The Hall–Kier alpha value is -10.7. The minimum Gasteiger partial charge on any atom is -0.481 e. The second kappa shape index (κ2) is 48.6. The number of hydrogen-bond acceptors (Lipinski definition) is 22. The van der Waals surface area contributed by atoms with Crippen molar-refractivity contribution in [3.8, 4) is 22.5 Å². The maximum atomic E-state index is 15.0. The van der Waals surface area contributed by atoms with Crippen LogP contribution in [0.5, 0.6) is 0 Å². The number of fused-ring (bicyclic) bond motifs is 11. The van der Waals surface area contributed by atoms with E-state index in [9.17, 15) is 53.1 Å². The number of aryl methyl sites for hydroxylation is 2. The smallest absolute Gasteiger partial charge is 0.408 e. The van der Waals surface area contributed by atoms with Crippen molar-refractivity contribution in [3.05, 3.63) is 148 Å². The van der Waals surface area contributed by atoms with Crippen molar-refractivity contribution >= 4 is 81.9 Å². The topological polar surface area (TPSA) is 428 Å². The van der Waals surface area contributed by atoms with Gasteiger partial charge < -0.3 is 86.0 Å². The molecule has 0 unspecified atom stereocenters. The number of carbonyl (C=O) groups excluding carboxylic acids is 10. The van der Waals surface area contributed by atoms with Gasteiger partial charge in [-0.05, 0) is 168 Å². The fraction of sp³-hybridized carbons (Fsp3) is 0.570. The molecule has 2 saturated carbocycles. The monoisotopic (exact) mass is 1810 g/mol. The van der Waals surface area contributed by atoms with Crippen LogP contribution < -0.4 is 43.0 Å². The molecule has 31 heteroatoms. The van der Waals surface area contributed by atoms with Gasteiger partial charge in [0.1, 0.15) is 29.9 Å². The molecular weight excluding hydrogens is 1680 g/mol. The zero-order valence-electron chi connectivity index (χ0n) is 77.3. The Morgan fingerprint density at radius 3 is 1.78 bits per heavy atom. The Bertz CT molecular complexity index is 4920. The van der Waals surface area contributed by atoms with Gasteiger partial charge in [0.05, 0.1) is 129 Å². The summed E-state index contributed by atoms with van der Waals surface area (Å²) in [5.41, 5.74) is 21.1. The molecule has 9 atom stereocenters. The zero-order chi connectivity index (χ0) is 93.7. The lowest BCUT2D eigenvalue weighted by atomic mass is 9.47. The number of para-hydroxylation sites is 1. The van der Waals surface area contributed by atoms with Crippen LogP contribution in [0.2, 0.25) is 0 Å². The number of alkyl carbamates (subject to hydrolysis) is 1. The fourth-order valence-corrected chi connectivity index (χ4v) is 20.2. The first-order valence-electron chi connectivity index (χ1n) is 46.8. The van der Waals surface area contributed by atoms with E-state index in [0.717, 1.165) is 110 Å². The molecule has 0 saturated heterocycles. The Morgan fingerprint density at radius 2 is 1.15 bits per heavy atom. The lowest BCUT2D eigenvalue weighted by molar-refractivity contribution is -0.146. The predicted molar refractivity (Wildman–Crippen MR) is 494 cm³/mol. The minimum absolute atomic E-state index is 0.00565. The van der Waals surface area contributed by atoms with Crippen LogP contribution in [0.4, 0.5) is 26.7 Å². The van der Waals surface area contributed by atoms with Crippen molar-refractivity contribution in [2.24, 2.45) is 40.2 Å². The number of amides is 7. The Balaban J connectivity index is 0.554. The number of nitrogens with two attached hydrogens (primary N) is 2. The highest BCUT2D eigenvalue weighted by atomic mass is 16.6. The number of Topliss-reactive ketones (excluding diaryl/α,β-unsaturated/α-hetero) is 4. The number of nitrogen functional groups attached to an aromatic ring is 1. The lowest BCUT2D eigenvalue weighted by Gasteiger charge is -2.56. The van der Waals surface area contributed by atoms with Gasteiger partial charge >= 0.3 is 18.1 Å². The predicted octanol–water partition coefficient (Wildman–Crippen LogP) is 12.2. The minimum atomic E-state index is -1.44. The van der Waals surface area contributed by atoms with Gasteiger partial charge in [-0.3, -0.25) is 43.2 Å². The molecule has 6 aromatic rings. The molecule has 131 heavy (non-hydrogen) atoms. The summed E-state index contributed by atoms with van der Waals surface area (Å²) >= 11 is 0. The number of primary amides is 1. The van der Waals surface area contributed by atoms with Crippen LogP contribution in [0, 0.1) is 34.5 Å². The molecule has 0 radical (unpaired) electrons. The third-order valence-electron chi connectivity index (χ3n) is 27.3. The summed E-state index contributed by atoms with van der Waals surface area (Å²) in [6.45, 7) is 19.9. The summed E-state index contributed by atoms with van der Waals surface area (Å²) in [7, 11) is 0. The summed E-state index contributed by atoms with van der Waals surface area (Å²) < 4.78 is 47.0. The number of aliphatic carboxylic acids is 1. The molecule has 1 aliphatic heterocycles. The lowest BCUT2D eigenvalue weighted by Crippen LogP contribution is -2.55. The van der Waals surface area contributed by atoms with Crippen LogP contribution in [0.3, 0.4) is 0 Å². The zero-order valence-corrected chi connectivity index (χ0v) is 77.3. The maximum Gasteiger partial charge on any atom is 0.408 e. The molecule has 5 aromatic carbocycles. The van der Waals surface area contributed by atoms with Crippen molar-refractivity contribution in [1.82, 2.24) is 36.3 Å². The van der Waals surface area contributed by atoms with Crippen LogP contribution in [0.15, 0.2) is 109 Å². The largest absolute Gasteiger partial charge is 0.481 e. The van der Waals surface area contributed by atoms with Crippen molar-refractivity contribution in [2.75, 3.05) is 122 Å². The summed E-state index contributed by atoms with van der Waals surface area (Å²) in [4.78, 5) is 151. The average molecular weight is 1810 g/mol. The summed E-state index contributed by atoms with van der Waals surface area (Å²) in [5.74, 6) is -4.88. The van der Waals surface area contributed by atoms with Crippen LogP contribution in [-0.2, 0) is 131 Å². The SMILES string of the molecule is CCCCOCCOCCOCCn1nnc2c1-c1ccccc1N(C(=O)CCC(=O)NCCOCCOCCOCCOCCC(=O)N[C@H](C(=O)C[C@@H](CCCNC(N)=O)C(=O)Nc1ccc(COC(=O)N[C@@H](CC(=O)O)C(=O)Cc3ccc4c(c3)[C@@]3(C)CCC[C@](C)(C(=O)CC(=O)[C@@]5(C)CCC[C@]6(C)c7cc(N)ccc7CC[C@@H]56)[C@@H]3CC4)cc1)C(C)C)Cc1ccccc1-2. The van der Waals surface area contributed by atoms with E-state index < -0.39 is 76.4 Å². The molecule has 7 amide bonds. The number of rotatable bonds is 53. The van der Waals surface area contributed by atoms with E-state index in [1.807, 2.05) is 77.5 Å². The highest BCUT2D eigenvalue weighted by Crippen LogP contribution is 2.61. The maximum absolute atomic E-state index is 15.0. The van der Waals surface area contributed by atoms with E-state index in [4.69, 9.17) is 49.4 Å². The number of anilines is 3. The first-order valence-corrected chi connectivity index (χ1v) is 46.8. The number of carboxylic acids is 1. The number of nitrogens with zero attached hydrogens (tertiary/aromatic N) is 4. The first-order chi connectivity index (χ1) is 63.0. The van der Waals surface area contributed by atoms with Crippen LogP contribution in [-0.4, -0.2) is 203 Å². The van der Waals surface area contributed by atoms with Crippen molar-refractivity contribution in [1.29, 1.82) is 0 Å². The van der Waals surface area contributed by atoms with Crippen molar-refractivity contribution < 1.29 is 95.7 Å². The van der Waals surface area contributed by atoms with Crippen LogP contribution >= 0.6 is 0 Å². The molecule has 5 aliphatic rings. The molecule has 11 rings (SSSR count). The van der Waals surface area contributed by atoms with E-state index in [0.29, 0.717) is 87.0 Å². The molecule has 710 valence electrons. The molecule has 0 bridgehead atoms. The second-order valence-corrected chi connectivity index (χ2v) is 36.7. The number of carbonyl (C=O) groups is 11. The van der Waals surface area contributed by atoms with Gasteiger partial charge in [0.15, 0.2) is 11.6 Å².